The molecular weight excluding hydrogens is 265 g/mol. The molecule has 0 radical (unpaired) electrons. The Bertz CT molecular complexity index is 588. The highest BCUT2D eigenvalue weighted by Gasteiger charge is 2.35. The lowest BCUT2D eigenvalue weighted by Crippen LogP contribution is -2.36. The van der Waals surface area contributed by atoms with Gasteiger partial charge in [-0.2, -0.15) is 0 Å². The van der Waals surface area contributed by atoms with Gasteiger partial charge in [0.15, 0.2) is 0 Å². The third kappa shape index (κ3) is 2.67. The van der Waals surface area contributed by atoms with Crippen LogP contribution in [0.5, 0.6) is 0 Å². The van der Waals surface area contributed by atoms with Gasteiger partial charge < -0.3 is 11.1 Å². The van der Waals surface area contributed by atoms with Crippen LogP contribution in [-0.2, 0) is 16.1 Å². The molecule has 3 amide bonds. The number of nitrogens with two attached hydrogens (primary N) is 1. The second-order valence-electron chi connectivity index (χ2n) is 4.60. The van der Waals surface area contributed by atoms with E-state index in [0.29, 0.717) is 0 Å². The zero-order valence-electron chi connectivity index (χ0n) is 10.9. The fourth-order valence-corrected chi connectivity index (χ4v) is 2.01. The third-order valence-corrected chi connectivity index (χ3v) is 3.25. The number of imide groups is 1. The van der Waals surface area contributed by atoms with Crippen molar-refractivity contribution in [3.63, 3.8) is 0 Å². The van der Waals surface area contributed by atoms with Crippen LogP contribution < -0.4 is 11.1 Å². The maximum atomic E-state index is 13.6. The number of rotatable bonds is 4. The van der Waals surface area contributed by atoms with Crippen LogP contribution in [0.4, 0.5) is 4.39 Å². The number of carbonyl (C=O) groups excluding carboxylic acids is 3. The normalized spacial score (nSPS) is 18.7. The zero-order valence-corrected chi connectivity index (χ0v) is 10.9. The summed E-state index contributed by atoms with van der Waals surface area (Å²) in [6.45, 7) is 0.0322. The van der Waals surface area contributed by atoms with E-state index in [1.807, 2.05) is 0 Å². The average molecular weight is 279 g/mol. The molecule has 0 spiro atoms. The van der Waals surface area contributed by atoms with Crippen molar-refractivity contribution in [1.82, 2.24) is 10.2 Å². The van der Waals surface area contributed by atoms with Crippen molar-refractivity contribution in [1.29, 1.82) is 0 Å². The van der Waals surface area contributed by atoms with Gasteiger partial charge in [-0.1, -0.05) is 0 Å². The number of likely N-dealkylation sites (N-methyl/N-ethyl adjacent to an activating group) is 1. The van der Waals surface area contributed by atoms with Crippen LogP contribution in [0.15, 0.2) is 18.2 Å². The summed E-state index contributed by atoms with van der Waals surface area (Å²) in [5.41, 5.74) is 5.53. The quantitative estimate of drug-likeness (QED) is 0.745. The number of carbonyl (C=O) groups is 3. The topological polar surface area (TPSA) is 92.5 Å². The number of benzene rings is 1. The Labute approximate surface area is 114 Å². The largest absolute Gasteiger partial charge is 0.366 e. The molecule has 7 heteroatoms. The smallest absolute Gasteiger partial charge is 0.248 e. The van der Waals surface area contributed by atoms with E-state index in [-0.39, 0.29) is 35.9 Å². The Morgan fingerprint density at radius 1 is 1.50 bits per heavy atom. The molecule has 1 aliphatic heterocycles. The maximum absolute atomic E-state index is 13.6. The van der Waals surface area contributed by atoms with Gasteiger partial charge in [0.25, 0.3) is 0 Å². The molecule has 20 heavy (non-hydrogen) atoms. The van der Waals surface area contributed by atoms with Gasteiger partial charge in [-0.3, -0.25) is 19.3 Å². The predicted molar refractivity (Wildman–Crippen MR) is 67.9 cm³/mol. The summed E-state index contributed by atoms with van der Waals surface area (Å²) in [5.74, 6) is -1.79. The van der Waals surface area contributed by atoms with E-state index in [0.717, 1.165) is 11.0 Å². The number of hydrogen-bond acceptors (Lipinski definition) is 4. The summed E-state index contributed by atoms with van der Waals surface area (Å²) in [4.78, 5) is 35.1. The highest BCUT2D eigenvalue weighted by atomic mass is 19.1. The Hall–Kier alpha value is -2.28. The number of halogens is 1. The lowest BCUT2D eigenvalue weighted by Gasteiger charge is -2.12. The summed E-state index contributed by atoms with van der Waals surface area (Å²) in [5, 5.41) is 2.81. The second kappa shape index (κ2) is 5.38. The summed E-state index contributed by atoms with van der Waals surface area (Å²) in [6, 6.07) is 3.10. The zero-order chi connectivity index (χ0) is 14.9. The van der Waals surface area contributed by atoms with E-state index in [1.54, 1.807) is 0 Å². The van der Waals surface area contributed by atoms with Crippen LogP contribution in [-0.4, -0.2) is 35.7 Å². The summed E-state index contributed by atoms with van der Waals surface area (Å²) >= 11 is 0. The van der Waals surface area contributed by atoms with Crippen LogP contribution in [0.1, 0.15) is 22.3 Å². The minimum atomic E-state index is -0.663. The molecule has 1 saturated heterocycles. The number of amides is 3. The first kappa shape index (κ1) is 14.1. The average Bonchev–Trinajstić information content (AvgIpc) is 2.65. The first-order valence-electron chi connectivity index (χ1n) is 6.02. The first-order chi connectivity index (χ1) is 9.40. The molecule has 1 unspecified atom stereocenters. The Balaban J connectivity index is 2.08. The molecule has 0 aliphatic carbocycles. The van der Waals surface area contributed by atoms with Crippen molar-refractivity contribution in [2.45, 2.75) is 19.0 Å². The molecule has 1 atom stereocenters. The van der Waals surface area contributed by atoms with E-state index >= 15 is 0 Å². The summed E-state index contributed by atoms with van der Waals surface area (Å²) < 4.78 is 13.6. The highest BCUT2D eigenvalue weighted by Crippen LogP contribution is 2.14. The molecule has 0 bridgehead atoms. The van der Waals surface area contributed by atoms with Gasteiger partial charge in [0, 0.05) is 24.7 Å². The first-order valence-corrected chi connectivity index (χ1v) is 6.02. The SMILES string of the molecule is CN1C(=O)CC(NCc2cc(C(N)=O)ccc2F)C1=O. The Morgan fingerprint density at radius 3 is 2.75 bits per heavy atom. The molecule has 6 nitrogen and oxygen atoms in total. The van der Waals surface area contributed by atoms with Gasteiger partial charge in [-0.25, -0.2) is 4.39 Å². The van der Waals surface area contributed by atoms with Crippen molar-refractivity contribution in [3.8, 4) is 0 Å². The molecule has 1 aromatic carbocycles. The standard InChI is InChI=1S/C13H14FN3O3/c1-17-11(18)5-10(13(17)20)16-6-8-4-7(12(15)19)2-3-9(8)14/h2-4,10,16H,5-6H2,1H3,(H2,15,19). The van der Waals surface area contributed by atoms with Gasteiger partial charge in [-0.15, -0.1) is 0 Å². The van der Waals surface area contributed by atoms with Crippen LogP contribution in [0.3, 0.4) is 0 Å². The van der Waals surface area contributed by atoms with E-state index in [9.17, 15) is 18.8 Å². The number of nitrogens with zero attached hydrogens (tertiary/aromatic N) is 1. The Morgan fingerprint density at radius 2 is 2.20 bits per heavy atom. The van der Waals surface area contributed by atoms with Crippen molar-refractivity contribution >= 4 is 17.7 Å². The molecule has 3 N–H and O–H groups in total. The lowest BCUT2D eigenvalue weighted by molar-refractivity contribution is -0.137. The minimum Gasteiger partial charge on any atom is -0.366 e. The predicted octanol–water partition coefficient (Wildman–Crippen LogP) is -0.229. The maximum Gasteiger partial charge on any atom is 0.248 e. The van der Waals surface area contributed by atoms with Crippen LogP contribution in [0, 0.1) is 5.82 Å². The van der Waals surface area contributed by atoms with E-state index < -0.39 is 17.8 Å². The fourth-order valence-electron chi connectivity index (χ4n) is 2.01. The molecule has 1 fully saturated rings. The number of nitrogens with one attached hydrogen (secondary N) is 1. The monoisotopic (exact) mass is 279 g/mol. The van der Waals surface area contributed by atoms with Crippen molar-refractivity contribution in [2.24, 2.45) is 5.73 Å². The van der Waals surface area contributed by atoms with Crippen molar-refractivity contribution in [2.75, 3.05) is 7.05 Å². The number of likely N-dealkylation sites (tertiary alicyclic amines) is 1. The fraction of sp³-hybridized carbons (Fsp3) is 0.308. The number of primary amides is 1. The van der Waals surface area contributed by atoms with Crippen molar-refractivity contribution in [3.05, 3.63) is 35.1 Å². The molecule has 1 aromatic rings. The van der Waals surface area contributed by atoms with Crippen LogP contribution in [0.25, 0.3) is 0 Å². The van der Waals surface area contributed by atoms with E-state index in [1.165, 1.54) is 19.2 Å². The third-order valence-electron chi connectivity index (χ3n) is 3.25. The van der Waals surface area contributed by atoms with E-state index in [2.05, 4.69) is 5.32 Å². The molecule has 0 saturated carbocycles. The second-order valence-corrected chi connectivity index (χ2v) is 4.60. The lowest BCUT2D eigenvalue weighted by atomic mass is 10.1. The van der Waals surface area contributed by atoms with E-state index in [4.69, 9.17) is 5.73 Å². The molecule has 2 rings (SSSR count). The van der Waals surface area contributed by atoms with Gasteiger partial charge in [0.2, 0.25) is 17.7 Å². The molecule has 1 aliphatic rings. The summed E-state index contributed by atoms with van der Waals surface area (Å²) in [6.07, 6.45) is 0.0481. The van der Waals surface area contributed by atoms with Gasteiger partial charge >= 0.3 is 0 Å². The Kier molecular flexibility index (Phi) is 3.80. The molecule has 0 aromatic heterocycles. The van der Waals surface area contributed by atoms with Gasteiger partial charge in [0.05, 0.1) is 12.5 Å². The molecule has 106 valence electrons. The van der Waals surface area contributed by atoms with Gasteiger partial charge in [0.1, 0.15) is 5.82 Å². The van der Waals surface area contributed by atoms with Crippen molar-refractivity contribution < 1.29 is 18.8 Å². The van der Waals surface area contributed by atoms with Crippen LogP contribution >= 0.6 is 0 Å². The van der Waals surface area contributed by atoms with Crippen LogP contribution in [0.2, 0.25) is 0 Å². The molecular formula is C13H14FN3O3. The summed E-state index contributed by atoms with van der Waals surface area (Å²) in [7, 11) is 1.40. The molecule has 1 heterocycles. The van der Waals surface area contributed by atoms with Gasteiger partial charge in [-0.05, 0) is 18.2 Å². The number of hydrogen-bond donors (Lipinski definition) is 2. The minimum absolute atomic E-state index is 0.0322. The highest BCUT2D eigenvalue weighted by molar-refractivity contribution is 6.05.